The predicted molar refractivity (Wildman–Crippen MR) is 150 cm³/mol. The normalized spacial score (nSPS) is 17.3. The fourth-order valence-electron chi connectivity index (χ4n) is 4.72. The molecule has 1 aliphatic carbocycles. The molecule has 9 nitrogen and oxygen atoms in total. The van der Waals surface area contributed by atoms with Gasteiger partial charge in [0.1, 0.15) is 41.1 Å². The standard InChI is InChI=1S/C30H31N7O2/c31-16-23(15-20-8-9-20)30(38)37-14-4-5-21(18-37)17-34-29-26(28(33)35-19-36-29)27(32)22-10-12-25(13-11-22)39-24-6-2-1-3-7-24/h1-3,6-7,10-13,15,19-21,32H,4-5,8-9,14,17-18H2,(H3,33,34,35,36)/b23-15+,32-27?. The van der Waals surface area contributed by atoms with Crippen molar-refractivity contribution in [3.8, 4) is 17.6 Å². The van der Waals surface area contributed by atoms with Gasteiger partial charge in [0.05, 0.1) is 11.3 Å². The van der Waals surface area contributed by atoms with Gasteiger partial charge in [-0.15, -0.1) is 0 Å². The van der Waals surface area contributed by atoms with E-state index in [-0.39, 0.29) is 28.9 Å². The van der Waals surface area contributed by atoms with Gasteiger partial charge in [-0.3, -0.25) is 10.2 Å². The van der Waals surface area contributed by atoms with Gasteiger partial charge in [-0.25, -0.2) is 9.97 Å². The number of nitrogen functional groups attached to an aromatic ring is 1. The third-order valence-corrected chi connectivity index (χ3v) is 6.99. The van der Waals surface area contributed by atoms with Gasteiger partial charge in [-0.1, -0.05) is 24.3 Å². The molecular weight excluding hydrogens is 490 g/mol. The number of benzene rings is 2. The Kier molecular flexibility index (Phi) is 7.83. The summed E-state index contributed by atoms with van der Waals surface area (Å²) in [6, 6.07) is 18.8. The van der Waals surface area contributed by atoms with Crippen LogP contribution in [0.25, 0.3) is 0 Å². The molecule has 1 saturated carbocycles. The topological polar surface area (TPSA) is 141 Å². The minimum atomic E-state index is -0.178. The number of ether oxygens (including phenoxy) is 1. The maximum absolute atomic E-state index is 12.9. The maximum atomic E-state index is 12.9. The van der Waals surface area contributed by atoms with E-state index in [4.69, 9.17) is 15.9 Å². The second kappa shape index (κ2) is 11.8. The third kappa shape index (κ3) is 6.41. The first-order valence-corrected chi connectivity index (χ1v) is 13.2. The molecule has 2 fully saturated rings. The number of rotatable bonds is 9. The van der Waals surface area contributed by atoms with Gasteiger partial charge in [0.2, 0.25) is 0 Å². The van der Waals surface area contributed by atoms with Crippen molar-refractivity contribution >= 4 is 23.3 Å². The van der Waals surface area contributed by atoms with Crippen molar-refractivity contribution in [2.24, 2.45) is 11.8 Å². The monoisotopic (exact) mass is 521 g/mol. The number of nitriles is 1. The zero-order valence-corrected chi connectivity index (χ0v) is 21.6. The zero-order chi connectivity index (χ0) is 27.2. The molecule has 3 aromatic rings. The van der Waals surface area contributed by atoms with Crippen molar-refractivity contribution in [1.29, 1.82) is 10.7 Å². The van der Waals surface area contributed by atoms with Crippen LogP contribution in [0.5, 0.6) is 11.5 Å². The highest BCUT2D eigenvalue weighted by Gasteiger charge is 2.28. The number of nitrogens with two attached hydrogens (primary N) is 1. The highest BCUT2D eigenvalue weighted by atomic mass is 16.5. The zero-order valence-electron chi connectivity index (χ0n) is 21.6. The molecule has 2 aliphatic rings. The number of nitrogens with one attached hydrogen (secondary N) is 2. The van der Waals surface area contributed by atoms with Gasteiger partial charge < -0.3 is 20.7 Å². The van der Waals surface area contributed by atoms with Crippen LogP contribution in [-0.4, -0.2) is 46.1 Å². The van der Waals surface area contributed by atoms with Crippen LogP contribution in [0.4, 0.5) is 11.6 Å². The lowest BCUT2D eigenvalue weighted by molar-refractivity contribution is -0.128. The van der Waals surface area contributed by atoms with E-state index >= 15 is 0 Å². The summed E-state index contributed by atoms with van der Waals surface area (Å²) < 4.78 is 5.86. The average Bonchev–Trinajstić information content (AvgIpc) is 3.79. The van der Waals surface area contributed by atoms with E-state index in [1.54, 1.807) is 4.90 Å². The first kappa shape index (κ1) is 25.9. The maximum Gasteiger partial charge on any atom is 0.264 e. The summed E-state index contributed by atoms with van der Waals surface area (Å²) in [5, 5.41) is 21.7. The number of amides is 1. The van der Waals surface area contributed by atoms with E-state index in [0.717, 1.165) is 31.4 Å². The number of hydrogen-bond donors (Lipinski definition) is 3. The van der Waals surface area contributed by atoms with Crippen molar-refractivity contribution in [2.45, 2.75) is 25.7 Å². The van der Waals surface area contributed by atoms with E-state index in [1.165, 1.54) is 6.33 Å². The molecule has 0 bridgehead atoms. The van der Waals surface area contributed by atoms with Crippen LogP contribution in [-0.2, 0) is 4.79 Å². The molecule has 2 heterocycles. The molecule has 4 N–H and O–H groups in total. The summed E-state index contributed by atoms with van der Waals surface area (Å²) in [5.41, 5.74) is 7.75. The molecule has 1 aromatic heterocycles. The Morgan fingerprint density at radius 1 is 1.13 bits per heavy atom. The van der Waals surface area contributed by atoms with Gasteiger partial charge in [-0.05, 0) is 73.9 Å². The summed E-state index contributed by atoms with van der Waals surface area (Å²) in [4.78, 5) is 23.2. The molecule has 1 saturated heterocycles. The molecule has 1 aliphatic heterocycles. The fraction of sp³-hybridized carbons (Fsp3) is 0.300. The van der Waals surface area contributed by atoms with Crippen LogP contribution < -0.4 is 15.8 Å². The van der Waals surface area contributed by atoms with Gasteiger partial charge in [0.15, 0.2) is 0 Å². The molecule has 5 rings (SSSR count). The van der Waals surface area contributed by atoms with Gasteiger partial charge in [0.25, 0.3) is 5.91 Å². The van der Waals surface area contributed by atoms with Gasteiger partial charge in [0, 0.05) is 25.2 Å². The van der Waals surface area contributed by atoms with Crippen LogP contribution in [0.3, 0.4) is 0 Å². The van der Waals surface area contributed by atoms with E-state index in [1.807, 2.05) is 60.7 Å². The number of likely N-dealkylation sites (tertiary alicyclic amines) is 1. The van der Waals surface area contributed by atoms with Crippen molar-refractivity contribution in [3.63, 3.8) is 0 Å². The molecule has 0 spiro atoms. The number of allylic oxidation sites excluding steroid dienone is 1. The Morgan fingerprint density at radius 2 is 1.87 bits per heavy atom. The molecule has 0 radical (unpaired) electrons. The number of carbonyl (C=O) groups excluding carboxylic acids is 1. The lowest BCUT2D eigenvalue weighted by Gasteiger charge is -2.33. The van der Waals surface area contributed by atoms with Crippen LogP contribution >= 0.6 is 0 Å². The first-order chi connectivity index (χ1) is 19.0. The van der Waals surface area contributed by atoms with Crippen molar-refractivity contribution in [1.82, 2.24) is 14.9 Å². The summed E-state index contributed by atoms with van der Waals surface area (Å²) in [7, 11) is 0. The number of carbonyl (C=O) groups is 1. The van der Waals surface area contributed by atoms with Crippen molar-refractivity contribution in [2.75, 3.05) is 30.7 Å². The first-order valence-electron chi connectivity index (χ1n) is 13.2. The molecule has 1 unspecified atom stereocenters. The van der Waals surface area contributed by atoms with Gasteiger partial charge in [-0.2, -0.15) is 5.26 Å². The number of anilines is 2. The van der Waals surface area contributed by atoms with Crippen LogP contribution in [0.1, 0.15) is 36.8 Å². The number of hydrogen-bond acceptors (Lipinski definition) is 8. The second-order valence-corrected chi connectivity index (χ2v) is 9.97. The average molecular weight is 522 g/mol. The van der Waals surface area contributed by atoms with E-state index in [2.05, 4.69) is 21.4 Å². The Hall–Kier alpha value is -4.71. The quantitative estimate of drug-likeness (QED) is 0.209. The minimum Gasteiger partial charge on any atom is -0.457 e. The summed E-state index contributed by atoms with van der Waals surface area (Å²) in [5.74, 6) is 2.46. The molecular formula is C30H31N7O2. The molecule has 1 amide bonds. The lowest BCUT2D eigenvalue weighted by atomic mass is 9.97. The van der Waals surface area contributed by atoms with E-state index in [9.17, 15) is 10.1 Å². The SMILES string of the molecule is N#C/C(=C\C1CC1)C(=O)N1CCCC(CNc2ncnc(N)c2C(=N)c2ccc(Oc3ccccc3)cc2)C1. The smallest absolute Gasteiger partial charge is 0.264 e. The second-order valence-electron chi connectivity index (χ2n) is 9.97. The Bertz CT molecular complexity index is 1410. The highest BCUT2D eigenvalue weighted by Crippen LogP contribution is 2.32. The van der Waals surface area contributed by atoms with Crippen LogP contribution in [0.15, 0.2) is 72.6 Å². The van der Waals surface area contributed by atoms with Crippen molar-refractivity contribution in [3.05, 3.63) is 83.7 Å². The summed E-state index contributed by atoms with van der Waals surface area (Å²) in [6.07, 6.45) is 7.12. The van der Waals surface area contributed by atoms with Crippen LogP contribution in [0.2, 0.25) is 0 Å². The number of piperidine rings is 1. The lowest BCUT2D eigenvalue weighted by Crippen LogP contribution is -2.42. The molecule has 1 atom stereocenters. The van der Waals surface area contributed by atoms with E-state index in [0.29, 0.717) is 48.2 Å². The van der Waals surface area contributed by atoms with E-state index < -0.39 is 0 Å². The Morgan fingerprint density at radius 3 is 2.59 bits per heavy atom. The summed E-state index contributed by atoms with van der Waals surface area (Å²) >= 11 is 0. The molecule has 39 heavy (non-hydrogen) atoms. The minimum absolute atomic E-state index is 0.177. The van der Waals surface area contributed by atoms with Crippen LogP contribution in [0, 0.1) is 28.6 Å². The number of para-hydroxylation sites is 1. The molecule has 9 heteroatoms. The Labute approximate surface area is 227 Å². The highest BCUT2D eigenvalue weighted by molar-refractivity contribution is 6.16. The number of nitrogens with zero attached hydrogens (tertiary/aromatic N) is 4. The molecule has 198 valence electrons. The van der Waals surface area contributed by atoms with Gasteiger partial charge >= 0.3 is 0 Å². The predicted octanol–water partition coefficient (Wildman–Crippen LogP) is 4.78. The molecule has 2 aromatic carbocycles. The largest absolute Gasteiger partial charge is 0.457 e. The fourth-order valence-corrected chi connectivity index (χ4v) is 4.72. The number of aromatic nitrogens is 2. The third-order valence-electron chi connectivity index (χ3n) is 6.99. The Balaban J connectivity index is 1.25. The van der Waals surface area contributed by atoms with Crippen molar-refractivity contribution < 1.29 is 9.53 Å². The summed E-state index contributed by atoms with van der Waals surface area (Å²) in [6.45, 7) is 1.77.